The first kappa shape index (κ1) is 22.4. The quantitative estimate of drug-likeness (QED) is 0.165. The third kappa shape index (κ3) is 20.4. The average molecular weight is 329 g/mol. The van der Waals surface area contributed by atoms with Crippen LogP contribution in [0.25, 0.3) is 0 Å². The van der Waals surface area contributed by atoms with Crippen LogP contribution < -0.4 is 0 Å². The molecule has 0 bridgehead atoms. The molecule has 0 saturated carbocycles. The highest BCUT2D eigenvalue weighted by Crippen LogP contribution is 2.14. The molecule has 0 aliphatic heterocycles. The van der Waals surface area contributed by atoms with Gasteiger partial charge in [-0.2, -0.15) is 0 Å². The van der Waals surface area contributed by atoms with Crippen LogP contribution in [-0.2, 0) is 0 Å². The molecule has 0 aromatic carbocycles. The maximum atomic E-state index is 2.83. The Balaban J connectivity index is 2.91. The molecule has 0 amide bonds. The van der Waals surface area contributed by atoms with Crippen molar-refractivity contribution in [3.05, 3.63) is 0 Å². The van der Waals surface area contributed by atoms with Crippen molar-refractivity contribution in [3.63, 3.8) is 0 Å². The largest absolute Gasteiger partial charge is 0.138 e. The second-order valence-corrected chi connectivity index (χ2v) is 7.73. The van der Waals surface area contributed by atoms with E-state index in [-0.39, 0.29) is 0 Å². The van der Waals surface area contributed by atoms with Crippen LogP contribution in [0.4, 0.5) is 0 Å². The van der Waals surface area contributed by atoms with Gasteiger partial charge in [-0.3, -0.25) is 0 Å². The Hall–Kier alpha value is 0.430. The predicted molar refractivity (Wildman–Crippen MR) is 108 cm³/mol. The van der Waals surface area contributed by atoms with Gasteiger partial charge in [0.25, 0.3) is 0 Å². The summed E-state index contributed by atoms with van der Waals surface area (Å²) in [5.74, 6) is 0. The summed E-state index contributed by atoms with van der Waals surface area (Å²) in [6.07, 6.45) is 29.2. The summed E-state index contributed by atoms with van der Waals surface area (Å²) in [7, 11) is 2.83. The predicted octanol–water partition coefficient (Wildman–Crippen LogP) is 8.29. The highest BCUT2D eigenvalue weighted by molar-refractivity contribution is 7.16. The molecule has 0 N–H and O–H groups in total. The van der Waals surface area contributed by atoms with Crippen molar-refractivity contribution < 1.29 is 0 Å². The van der Waals surface area contributed by atoms with Gasteiger partial charge in [0, 0.05) is 0 Å². The van der Waals surface area contributed by atoms with E-state index >= 15 is 0 Å². The normalized spacial score (nSPS) is 11.2. The van der Waals surface area contributed by atoms with E-state index in [1.54, 1.807) is 0 Å². The lowest BCUT2D eigenvalue weighted by Crippen LogP contribution is -1.84. The second kappa shape index (κ2) is 21.4. The van der Waals surface area contributed by atoms with Crippen LogP contribution in [0.5, 0.6) is 0 Å². The van der Waals surface area contributed by atoms with Gasteiger partial charge in [-0.05, 0) is 12.6 Å². The van der Waals surface area contributed by atoms with Crippen molar-refractivity contribution in [2.75, 3.05) is 6.16 Å². The van der Waals surface area contributed by atoms with Crippen molar-refractivity contribution in [2.45, 2.75) is 129 Å². The standard InChI is InChI=1S/C21H45P/c1-2-3-4-5-6-7-8-9-10-11-12-13-14-15-16-17-18-19-20-21-22/h2-22H2,1H3. The van der Waals surface area contributed by atoms with Gasteiger partial charge in [-0.15, -0.1) is 9.24 Å². The van der Waals surface area contributed by atoms with Crippen LogP contribution in [0, 0.1) is 0 Å². The Kier molecular flexibility index (Phi) is 21.8. The Labute approximate surface area is 144 Å². The second-order valence-electron chi connectivity index (χ2n) is 7.15. The maximum Gasteiger partial charge on any atom is -0.0381 e. The van der Waals surface area contributed by atoms with Crippen LogP contribution in [0.1, 0.15) is 129 Å². The lowest BCUT2D eigenvalue weighted by molar-refractivity contribution is 0.524. The molecule has 1 atom stereocenters. The molecule has 0 spiro atoms. The molecular weight excluding hydrogens is 283 g/mol. The summed E-state index contributed by atoms with van der Waals surface area (Å²) in [5, 5.41) is 0. The summed E-state index contributed by atoms with van der Waals surface area (Å²) in [6.45, 7) is 2.30. The molecule has 0 rings (SSSR count). The third-order valence-corrected chi connectivity index (χ3v) is 5.22. The van der Waals surface area contributed by atoms with Gasteiger partial charge in [0.05, 0.1) is 0 Å². The summed E-state index contributed by atoms with van der Waals surface area (Å²) in [5.41, 5.74) is 0. The molecule has 0 aromatic rings. The lowest BCUT2D eigenvalue weighted by atomic mass is 10.0. The molecule has 1 unspecified atom stereocenters. The molecule has 0 fully saturated rings. The monoisotopic (exact) mass is 328 g/mol. The number of rotatable bonds is 19. The van der Waals surface area contributed by atoms with Gasteiger partial charge in [-0.1, -0.05) is 122 Å². The Morgan fingerprint density at radius 2 is 0.591 bits per heavy atom. The molecule has 1 heteroatoms. The van der Waals surface area contributed by atoms with E-state index in [0.717, 1.165) is 0 Å². The van der Waals surface area contributed by atoms with Crippen LogP contribution in [0.3, 0.4) is 0 Å². The Morgan fingerprint density at radius 3 is 0.818 bits per heavy atom. The van der Waals surface area contributed by atoms with Crippen molar-refractivity contribution in [2.24, 2.45) is 0 Å². The molecule has 134 valence electrons. The van der Waals surface area contributed by atoms with Gasteiger partial charge in [0.1, 0.15) is 0 Å². The maximum absolute atomic E-state index is 2.83. The van der Waals surface area contributed by atoms with E-state index in [1.807, 2.05) is 0 Å². The minimum absolute atomic E-state index is 1.29. The molecule has 0 aliphatic carbocycles. The fraction of sp³-hybridized carbons (Fsp3) is 1.00. The van der Waals surface area contributed by atoms with Crippen molar-refractivity contribution in [1.29, 1.82) is 0 Å². The van der Waals surface area contributed by atoms with Crippen molar-refractivity contribution in [1.82, 2.24) is 0 Å². The average Bonchev–Trinajstić information content (AvgIpc) is 2.54. The van der Waals surface area contributed by atoms with Crippen LogP contribution >= 0.6 is 9.24 Å². The Bertz CT molecular complexity index is 159. The van der Waals surface area contributed by atoms with Crippen LogP contribution in [0.2, 0.25) is 0 Å². The highest BCUT2D eigenvalue weighted by atomic mass is 31.0. The first-order valence-corrected chi connectivity index (χ1v) is 11.4. The van der Waals surface area contributed by atoms with E-state index < -0.39 is 0 Å². The van der Waals surface area contributed by atoms with Crippen molar-refractivity contribution in [3.8, 4) is 0 Å². The minimum atomic E-state index is 1.29. The fourth-order valence-corrected chi connectivity index (χ4v) is 3.51. The number of hydrogen-bond acceptors (Lipinski definition) is 0. The third-order valence-electron chi connectivity index (χ3n) is 4.81. The molecule has 0 nitrogen and oxygen atoms in total. The van der Waals surface area contributed by atoms with Crippen molar-refractivity contribution >= 4 is 9.24 Å². The van der Waals surface area contributed by atoms with Gasteiger partial charge >= 0.3 is 0 Å². The first-order chi connectivity index (χ1) is 10.9. The van der Waals surface area contributed by atoms with E-state index in [2.05, 4.69) is 16.2 Å². The smallest absolute Gasteiger partial charge is 0.0381 e. The lowest BCUT2D eigenvalue weighted by Gasteiger charge is -2.03. The summed E-state index contributed by atoms with van der Waals surface area (Å²) >= 11 is 0. The Morgan fingerprint density at radius 1 is 0.364 bits per heavy atom. The van der Waals surface area contributed by atoms with E-state index in [4.69, 9.17) is 0 Å². The van der Waals surface area contributed by atoms with E-state index in [9.17, 15) is 0 Å². The van der Waals surface area contributed by atoms with Gasteiger partial charge in [-0.25, -0.2) is 0 Å². The van der Waals surface area contributed by atoms with E-state index in [0.29, 0.717) is 0 Å². The number of unbranched alkanes of at least 4 members (excludes halogenated alkanes) is 18. The molecule has 0 saturated heterocycles. The van der Waals surface area contributed by atoms with Gasteiger partial charge < -0.3 is 0 Å². The first-order valence-electron chi connectivity index (χ1n) is 10.6. The summed E-state index contributed by atoms with van der Waals surface area (Å²) in [4.78, 5) is 0. The van der Waals surface area contributed by atoms with E-state index in [1.165, 1.54) is 128 Å². The van der Waals surface area contributed by atoms with Crippen LogP contribution in [-0.4, -0.2) is 6.16 Å². The molecule has 0 aliphatic rings. The SMILES string of the molecule is CCCCCCCCCCCCCCCCCCCCCP. The molecule has 0 aromatic heterocycles. The number of hydrogen-bond donors (Lipinski definition) is 0. The minimum Gasteiger partial charge on any atom is -0.138 e. The zero-order chi connectivity index (χ0) is 16.1. The van der Waals surface area contributed by atoms with Gasteiger partial charge in [0.2, 0.25) is 0 Å². The molecule has 0 heterocycles. The molecule has 0 radical (unpaired) electrons. The fourth-order valence-electron chi connectivity index (χ4n) is 3.22. The summed E-state index contributed by atoms with van der Waals surface area (Å²) < 4.78 is 0. The summed E-state index contributed by atoms with van der Waals surface area (Å²) in [6, 6.07) is 0. The molecule has 22 heavy (non-hydrogen) atoms. The molecular formula is C21H45P. The zero-order valence-electron chi connectivity index (χ0n) is 15.7. The topological polar surface area (TPSA) is 0 Å². The van der Waals surface area contributed by atoms with Crippen LogP contribution in [0.15, 0.2) is 0 Å². The van der Waals surface area contributed by atoms with Gasteiger partial charge in [0.15, 0.2) is 0 Å². The zero-order valence-corrected chi connectivity index (χ0v) is 16.9. The highest BCUT2D eigenvalue weighted by Gasteiger charge is 1.94.